The molecule has 0 unspecified atom stereocenters. The van der Waals surface area contributed by atoms with E-state index in [-0.39, 0.29) is 5.41 Å². The summed E-state index contributed by atoms with van der Waals surface area (Å²) in [5.41, 5.74) is 24.1. The van der Waals surface area contributed by atoms with Crippen molar-refractivity contribution in [2.45, 2.75) is 46.0 Å². The standard InChI is InChI=1S/C41H39BN2/c1-27(26-43)14-8-9-18-31-28(2)15-12-19-32(31)33-24-30(29-16-6-5-7-17-29)25-38-39(33)42-36-22-13-21-35-40(36)44(38)37-23-11-10-20-34(37)41(35,3)4/h5-11,13-14,16-26,42H,12,15,43H2,1-4H3/b14-8-,18-9-,27-26+. The fourth-order valence-electron chi connectivity index (χ4n) is 7.29. The van der Waals surface area contributed by atoms with Gasteiger partial charge in [-0.25, -0.2) is 0 Å². The predicted octanol–water partition coefficient (Wildman–Crippen LogP) is 8.63. The zero-order valence-electron chi connectivity index (χ0n) is 26.2. The fraction of sp³-hybridized carbons (Fsp3) is 0.171. The molecule has 0 saturated heterocycles. The number of para-hydroxylation sites is 2. The highest BCUT2D eigenvalue weighted by atomic mass is 15.2. The molecule has 0 bridgehead atoms. The largest absolute Gasteiger partial charge is 0.404 e. The average Bonchev–Trinajstić information content (AvgIpc) is 3.05. The van der Waals surface area contributed by atoms with E-state index in [0.29, 0.717) is 0 Å². The number of anilines is 3. The Morgan fingerprint density at radius 3 is 2.45 bits per heavy atom. The van der Waals surface area contributed by atoms with Crippen LogP contribution in [0.2, 0.25) is 0 Å². The van der Waals surface area contributed by atoms with Crippen molar-refractivity contribution < 1.29 is 0 Å². The molecule has 4 aromatic rings. The van der Waals surface area contributed by atoms with Crippen molar-refractivity contribution in [2.24, 2.45) is 5.73 Å². The third kappa shape index (κ3) is 4.59. The lowest BCUT2D eigenvalue weighted by molar-refractivity contribution is 0.632. The molecule has 216 valence electrons. The van der Waals surface area contributed by atoms with Gasteiger partial charge in [-0.15, -0.1) is 0 Å². The monoisotopic (exact) mass is 570 g/mol. The molecular formula is C41H39BN2. The van der Waals surface area contributed by atoms with Crippen LogP contribution in [-0.2, 0) is 5.41 Å². The van der Waals surface area contributed by atoms with Crippen molar-refractivity contribution in [2.75, 3.05) is 4.90 Å². The molecule has 2 N–H and O–H groups in total. The van der Waals surface area contributed by atoms with Crippen LogP contribution in [0.4, 0.5) is 17.1 Å². The van der Waals surface area contributed by atoms with Crippen molar-refractivity contribution in [1.29, 1.82) is 0 Å². The van der Waals surface area contributed by atoms with E-state index in [1.165, 1.54) is 72.5 Å². The number of hydrogen-bond donors (Lipinski definition) is 1. The maximum atomic E-state index is 5.70. The van der Waals surface area contributed by atoms with Crippen LogP contribution in [0.5, 0.6) is 0 Å². The van der Waals surface area contributed by atoms with Crippen molar-refractivity contribution >= 4 is 40.8 Å². The van der Waals surface area contributed by atoms with E-state index < -0.39 is 0 Å². The van der Waals surface area contributed by atoms with Crippen LogP contribution < -0.4 is 21.6 Å². The molecule has 3 heteroatoms. The van der Waals surface area contributed by atoms with Crippen LogP contribution in [0.1, 0.15) is 57.2 Å². The lowest BCUT2D eigenvalue weighted by atomic mass is 9.55. The minimum absolute atomic E-state index is 0.0789. The van der Waals surface area contributed by atoms with Gasteiger partial charge in [0, 0.05) is 16.8 Å². The molecule has 44 heavy (non-hydrogen) atoms. The van der Waals surface area contributed by atoms with E-state index in [4.69, 9.17) is 5.73 Å². The Morgan fingerprint density at radius 2 is 1.64 bits per heavy atom. The Balaban J connectivity index is 1.48. The maximum absolute atomic E-state index is 5.70. The van der Waals surface area contributed by atoms with Crippen LogP contribution in [0.3, 0.4) is 0 Å². The quantitative estimate of drug-likeness (QED) is 0.169. The number of allylic oxidation sites excluding steroid dienone is 9. The van der Waals surface area contributed by atoms with Crippen molar-refractivity contribution in [1.82, 2.24) is 0 Å². The summed E-state index contributed by atoms with van der Waals surface area (Å²) in [5.74, 6) is 0. The SMILES string of the molecule is CC1=C(\C=C/C=C\C(C)=C\N)C(c2cc(-c3ccccc3)cc3c2Bc2cccc4c2N3c2ccccc2C4(C)C)=CCC1. The molecule has 0 saturated carbocycles. The average molecular weight is 571 g/mol. The smallest absolute Gasteiger partial charge is 0.198 e. The topological polar surface area (TPSA) is 29.3 Å². The Labute approximate surface area is 262 Å². The highest BCUT2D eigenvalue weighted by molar-refractivity contribution is 6.72. The molecule has 2 nitrogen and oxygen atoms in total. The van der Waals surface area contributed by atoms with Crippen LogP contribution in [0, 0.1) is 0 Å². The molecule has 2 aliphatic heterocycles. The van der Waals surface area contributed by atoms with Gasteiger partial charge in [0.25, 0.3) is 0 Å². The Hall–Kier alpha value is -4.76. The lowest BCUT2D eigenvalue weighted by Gasteiger charge is -2.46. The molecule has 0 spiro atoms. The van der Waals surface area contributed by atoms with Crippen LogP contribution in [0.25, 0.3) is 16.7 Å². The summed E-state index contributed by atoms with van der Waals surface area (Å²) in [6.07, 6.45) is 14.8. The summed E-state index contributed by atoms with van der Waals surface area (Å²) in [6.45, 7) is 9.06. The Bertz CT molecular complexity index is 1930. The molecule has 0 atom stereocenters. The van der Waals surface area contributed by atoms with Crippen molar-refractivity contribution in [3.8, 4) is 11.1 Å². The van der Waals surface area contributed by atoms with Gasteiger partial charge in [0.15, 0.2) is 7.28 Å². The molecule has 0 fully saturated rings. The maximum Gasteiger partial charge on any atom is 0.198 e. The second-order valence-electron chi connectivity index (χ2n) is 12.8. The van der Waals surface area contributed by atoms with E-state index in [0.717, 1.165) is 25.7 Å². The fourth-order valence-corrected chi connectivity index (χ4v) is 7.29. The second-order valence-corrected chi connectivity index (χ2v) is 12.8. The normalized spacial score (nSPS) is 16.9. The summed E-state index contributed by atoms with van der Waals surface area (Å²) in [5, 5.41) is 0. The van der Waals surface area contributed by atoms with E-state index >= 15 is 0 Å². The van der Waals surface area contributed by atoms with E-state index in [9.17, 15) is 0 Å². The number of hydrogen-bond acceptors (Lipinski definition) is 2. The van der Waals surface area contributed by atoms with Gasteiger partial charge in [0.2, 0.25) is 0 Å². The van der Waals surface area contributed by atoms with Crippen LogP contribution >= 0.6 is 0 Å². The van der Waals surface area contributed by atoms with E-state index in [2.05, 4.69) is 141 Å². The predicted molar refractivity (Wildman–Crippen MR) is 191 cm³/mol. The van der Waals surface area contributed by atoms with Gasteiger partial charge in [0.05, 0.1) is 5.69 Å². The number of nitrogens with zero attached hydrogens (tertiary/aromatic N) is 1. The third-order valence-electron chi connectivity index (χ3n) is 9.68. The number of rotatable bonds is 5. The molecule has 4 aromatic carbocycles. The van der Waals surface area contributed by atoms with Gasteiger partial charge in [0.1, 0.15) is 0 Å². The number of benzene rings is 4. The minimum Gasteiger partial charge on any atom is -0.404 e. The molecule has 0 aromatic heterocycles. The first kappa shape index (κ1) is 28.0. The molecule has 7 rings (SSSR count). The van der Waals surface area contributed by atoms with Crippen molar-refractivity contribution in [3.05, 3.63) is 155 Å². The first-order chi connectivity index (χ1) is 21.4. The summed E-state index contributed by atoms with van der Waals surface area (Å²) < 4.78 is 0. The van der Waals surface area contributed by atoms with Crippen molar-refractivity contribution in [3.63, 3.8) is 0 Å². The first-order valence-electron chi connectivity index (χ1n) is 15.8. The Kier molecular flexibility index (Phi) is 7.05. The second kappa shape index (κ2) is 11.1. The number of fused-ring (bicyclic) bond motifs is 4. The van der Waals surface area contributed by atoms with Gasteiger partial charge < -0.3 is 10.6 Å². The zero-order valence-corrected chi connectivity index (χ0v) is 26.2. The highest BCUT2D eigenvalue weighted by Gasteiger charge is 2.41. The minimum atomic E-state index is -0.0789. The van der Waals surface area contributed by atoms with Crippen LogP contribution in [-0.4, -0.2) is 7.28 Å². The van der Waals surface area contributed by atoms with Gasteiger partial charge in [-0.2, -0.15) is 0 Å². The summed E-state index contributed by atoms with van der Waals surface area (Å²) in [6, 6.07) is 31.6. The highest BCUT2D eigenvalue weighted by Crippen LogP contribution is 2.52. The molecule has 1 aliphatic carbocycles. The molecule has 0 amide bonds. The zero-order chi connectivity index (χ0) is 30.4. The summed E-state index contributed by atoms with van der Waals surface area (Å²) in [7, 11) is 0.908. The molecule has 2 heterocycles. The number of nitrogens with two attached hydrogens (primary N) is 1. The molecule has 3 aliphatic rings. The van der Waals surface area contributed by atoms with Crippen LogP contribution in [0.15, 0.2) is 138 Å². The summed E-state index contributed by atoms with van der Waals surface area (Å²) in [4.78, 5) is 2.57. The Morgan fingerprint density at radius 1 is 0.864 bits per heavy atom. The van der Waals surface area contributed by atoms with Gasteiger partial charge in [-0.3, -0.25) is 0 Å². The van der Waals surface area contributed by atoms with E-state index in [1.807, 2.05) is 6.92 Å². The lowest BCUT2D eigenvalue weighted by Crippen LogP contribution is -2.46. The third-order valence-corrected chi connectivity index (χ3v) is 9.68. The van der Waals surface area contributed by atoms with Gasteiger partial charge in [-0.1, -0.05) is 122 Å². The molecule has 0 radical (unpaired) electrons. The van der Waals surface area contributed by atoms with E-state index in [1.54, 1.807) is 6.20 Å². The van der Waals surface area contributed by atoms with Gasteiger partial charge >= 0.3 is 0 Å². The first-order valence-corrected chi connectivity index (χ1v) is 15.8. The van der Waals surface area contributed by atoms with Gasteiger partial charge in [-0.05, 0) is 101 Å². The summed E-state index contributed by atoms with van der Waals surface area (Å²) >= 11 is 0. The molecular weight excluding hydrogens is 531 g/mol.